The SMILES string of the molecule is CCOC(=O)CC(O)C(O)c1cc(CO)ccc1C. The van der Waals surface area contributed by atoms with Crippen LogP contribution in [0.1, 0.15) is 36.1 Å². The number of benzene rings is 1. The molecule has 0 heterocycles. The second-order valence-corrected chi connectivity index (χ2v) is 4.37. The standard InChI is InChI=1S/C14H20O5/c1-3-19-13(17)7-12(16)14(18)11-6-10(8-15)5-4-9(11)2/h4-6,12,14-16,18H,3,7-8H2,1-2H3. The predicted molar refractivity (Wildman–Crippen MR) is 69.3 cm³/mol. The van der Waals surface area contributed by atoms with Crippen LogP contribution < -0.4 is 0 Å². The highest BCUT2D eigenvalue weighted by molar-refractivity contribution is 5.70. The molecule has 0 spiro atoms. The van der Waals surface area contributed by atoms with Crippen LogP contribution in [-0.4, -0.2) is 34.0 Å². The number of esters is 1. The number of hydrogen-bond donors (Lipinski definition) is 3. The van der Waals surface area contributed by atoms with Gasteiger partial charge >= 0.3 is 5.97 Å². The Morgan fingerprint density at radius 1 is 1.37 bits per heavy atom. The zero-order chi connectivity index (χ0) is 14.4. The zero-order valence-electron chi connectivity index (χ0n) is 11.2. The minimum atomic E-state index is -1.23. The Kier molecular flexibility index (Phi) is 5.95. The molecule has 1 aromatic carbocycles. The lowest BCUT2D eigenvalue weighted by atomic mass is 9.96. The van der Waals surface area contributed by atoms with Crippen molar-refractivity contribution in [1.82, 2.24) is 0 Å². The van der Waals surface area contributed by atoms with E-state index in [2.05, 4.69) is 0 Å². The van der Waals surface area contributed by atoms with Gasteiger partial charge in [-0.3, -0.25) is 4.79 Å². The largest absolute Gasteiger partial charge is 0.466 e. The molecule has 0 radical (unpaired) electrons. The van der Waals surface area contributed by atoms with E-state index in [0.29, 0.717) is 11.1 Å². The molecule has 0 fully saturated rings. The molecule has 3 N–H and O–H groups in total. The number of ether oxygens (including phenoxy) is 1. The lowest BCUT2D eigenvalue weighted by molar-refractivity contribution is -0.147. The van der Waals surface area contributed by atoms with Gasteiger partial charge < -0.3 is 20.1 Å². The molecule has 2 unspecified atom stereocenters. The molecule has 1 rings (SSSR count). The molecule has 1 aromatic rings. The van der Waals surface area contributed by atoms with Crippen molar-refractivity contribution in [3.8, 4) is 0 Å². The molecule has 5 nitrogen and oxygen atoms in total. The first-order valence-corrected chi connectivity index (χ1v) is 6.21. The highest BCUT2D eigenvalue weighted by atomic mass is 16.5. The van der Waals surface area contributed by atoms with Crippen LogP contribution in [0.15, 0.2) is 18.2 Å². The third kappa shape index (κ3) is 4.31. The van der Waals surface area contributed by atoms with Crippen LogP contribution in [0.2, 0.25) is 0 Å². The van der Waals surface area contributed by atoms with Gasteiger partial charge in [0.25, 0.3) is 0 Å². The summed E-state index contributed by atoms with van der Waals surface area (Å²) >= 11 is 0. The van der Waals surface area contributed by atoms with Crippen molar-refractivity contribution in [3.05, 3.63) is 34.9 Å². The Bertz CT molecular complexity index is 430. The summed E-state index contributed by atoms with van der Waals surface area (Å²) in [4.78, 5) is 11.3. The molecule has 106 valence electrons. The van der Waals surface area contributed by atoms with E-state index < -0.39 is 18.2 Å². The molecule has 0 bridgehead atoms. The first-order valence-electron chi connectivity index (χ1n) is 6.21. The van der Waals surface area contributed by atoms with Gasteiger partial charge in [-0.05, 0) is 30.5 Å². The third-order valence-corrected chi connectivity index (χ3v) is 2.89. The van der Waals surface area contributed by atoms with Crippen LogP contribution in [0.5, 0.6) is 0 Å². The highest BCUT2D eigenvalue weighted by Crippen LogP contribution is 2.24. The first-order chi connectivity index (χ1) is 8.99. The van der Waals surface area contributed by atoms with Crippen molar-refractivity contribution in [3.63, 3.8) is 0 Å². The molecule has 2 atom stereocenters. The summed E-state index contributed by atoms with van der Waals surface area (Å²) in [5.41, 5.74) is 1.93. The Labute approximate surface area is 112 Å². The van der Waals surface area contributed by atoms with Crippen LogP contribution in [-0.2, 0) is 16.1 Å². The number of carbonyl (C=O) groups is 1. The lowest BCUT2D eigenvalue weighted by Gasteiger charge is -2.20. The average Bonchev–Trinajstić information content (AvgIpc) is 2.38. The van der Waals surface area contributed by atoms with E-state index in [0.717, 1.165) is 5.56 Å². The van der Waals surface area contributed by atoms with E-state index in [4.69, 9.17) is 9.84 Å². The third-order valence-electron chi connectivity index (χ3n) is 2.89. The van der Waals surface area contributed by atoms with Gasteiger partial charge in [0.15, 0.2) is 0 Å². The van der Waals surface area contributed by atoms with Crippen molar-refractivity contribution in [2.24, 2.45) is 0 Å². The minimum absolute atomic E-state index is 0.145. The molecular weight excluding hydrogens is 248 g/mol. The molecule has 0 aliphatic heterocycles. The fraction of sp³-hybridized carbons (Fsp3) is 0.500. The number of hydrogen-bond acceptors (Lipinski definition) is 5. The van der Waals surface area contributed by atoms with Gasteiger partial charge in [-0.25, -0.2) is 0 Å². The van der Waals surface area contributed by atoms with Gasteiger partial charge in [0.1, 0.15) is 6.10 Å². The lowest BCUT2D eigenvalue weighted by Crippen LogP contribution is -2.23. The maximum absolute atomic E-state index is 11.3. The Morgan fingerprint density at radius 2 is 2.05 bits per heavy atom. The summed E-state index contributed by atoms with van der Waals surface area (Å²) in [6, 6.07) is 5.11. The van der Waals surface area contributed by atoms with Crippen molar-refractivity contribution in [2.45, 2.75) is 39.1 Å². The van der Waals surface area contributed by atoms with E-state index >= 15 is 0 Å². The number of aliphatic hydroxyl groups excluding tert-OH is 3. The monoisotopic (exact) mass is 268 g/mol. The summed E-state index contributed by atoms with van der Waals surface area (Å²) in [6.07, 6.45) is -2.68. The van der Waals surface area contributed by atoms with E-state index in [9.17, 15) is 15.0 Å². The quantitative estimate of drug-likeness (QED) is 0.665. The van der Waals surface area contributed by atoms with Crippen LogP contribution in [0, 0.1) is 6.92 Å². The van der Waals surface area contributed by atoms with E-state index in [-0.39, 0.29) is 19.6 Å². The zero-order valence-corrected chi connectivity index (χ0v) is 11.2. The van der Waals surface area contributed by atoms with Crippen molar-refractivity contribution in [1.29, 1.82) is 0 Å². The first kappa shape index (κ1) is 15.6. The molecule has 0 saturated carbocycles. The number of aryl methyl sites for hydroxylation is 1. The Morgan fingerprint density at radius 3 is 2.63 bits per heavy atom. The molecule has 5 heteroatoms. The van der Waals surface area contributed by atoms with Crippen molar-refractivity contribution in [2.75, 3.05) is 6.61 Å². The maximum Gasteiger partial charge on any atom is 0.308 e. The molecule has 0 amide bonds. The summed E-state index contributed by atoms with van der Waals surface area (Å²) < 4.78 is 4.72. The highest BCUT2D eigenvalue weighted by Gasteiger charge is 2.23. The fourth-order valence-electron chi connectivity index (χ4n) is 1.82. The molecular formula is C14H20O5. The van der Waals surface area contributed by atoms with Crippen molar-refractivity contribution >= 4 is 5.97 Å². The van der Waals surface area contributed by atoms with Gasteiger partial charge in [0.05, 0.1) is 25.7 Å². The second kappa shape index (κ2) is 7.23. The van der Waals surface area contributed by atoms with Crippen LogP contribution in [0.25, 0.3) is 0 Å². The van der Waals surface area contributed by atoms with Crippen LogP contribution in [0.4, 0.5) is 0 Å². The summed E-state index contributed by atoms with van der Waals surface area (Å²) in [7, 11) is 0. The minimum Gasteiger partial charge on any atom is -0.466 e. The molecule has 0 aliphatic carbocycles. The van der Waals surface area contributed by atoms with Gasteiger partial charge in [-0.15, -0.1) is 0 Å². The van der Waals surface area contributed by atoms with Crippen LogP contribution >= 0.6 is 0 Å². The number of aliphatic hydroxyl groups is 3. The molecule has 0 aliphatic rings. The van der Waals surface area contributed by atoms with E-state index in [1.807, 2.05) is 0 Å². The smallest absolute Gasteiger partial charge is 0.308 e. The Hall–Kier alpha value is -1.43. The normalized spacial score (nSPS) is 13.9. The van der Waals surface area contributed by atoms with Gasteiger partial charge in [0.2, 0.25) is 0 Å². The summed E-state index contributed by atoms with van der Waals surface area (Å²) in [6.45, 7) is 3.56. The van der Waals surface area contributed by atoms with Gasteiger partial charge in [0, 0.05) is 0 Å². The fourth-order valence-corrected chi connectivity index (χ4v) is 1.82. The second-order valence-electron chi connectivity index (χ2n) is 4.37. The van der Waals surface area contributed by atoms with E-state index in [1.165, 1.54) is 0 Å². The van der Waals surface area contributed by atoms with E-state index in [1.54, 1.807) is 32.0 Å². The molecule has 19 heavy (non-hydrogen) atoms. The predicted octanol–water partition coefficient (Wildman–Crippen LogP) is 0.835. The topological polar surface area (TPSA) is 87.0 Å². The van der Waals surface area contributed by atoms with Gasteiger partial charge in [-0.1, -0.05) is 18.2 Å². The molecule has 0 aromatic heterocycles. The summed E-state index contributed by atoms with van der Waals surface area (Å²) in [5, 5.41) is 29.0. The number of rotatable bonds is 6. The molecule has 0 saturated heterocycles. The maximum atomic E-state index is 11.3. The van der Waals surface area contributed by atoms with Gasteiger partial charge in [-0.2, -0.15) is 0 Å². The van der Waals surface area contributed by atoms with Crippen LogP contribution in [0.3, 0.4) is 0 Å². The van der Waals surface area contributed by atoms with Crippen molar-refractivity contribution < 1.29 is 24.9 Å². The average molecular weight is 268 g/mol. The Balaban J connectivity index is 2.81. The number of carbonyl (C=O) groups excluding carboxylic acids is 1. The summed E-state index contributed by atoms with van der Waals surface area (Å²) in [5.74, 6) is -0.551.